The maximum atomic E-state index is 13.5. The summed E-state index contributed by atoms with van der Waals surface area (Å²) in [5, 5.41) is 10.3. The molecule has 0 aliphatic carbocycles. The van der Waals surface area contributed by atoms with Gasteiger partial charge < -0.3 is 0 Å². The summed E-state index contributed by atoms with van der Waals surface area (Å²) in [7, 11) is -4.05. The first-order chi connectivity index (χ1) is 14.8. The minimum Gasteiger partial charge on any atom is -0.298 e. The molecule has 3 rings (SSSR count). The lowest BCUT2D eigenvalue weighted by molar-refractivity contribution is 0.112. The zero-order valence-corrected chi connectivity index (χ0v) is 18.3. The number of halogens is 1. The lowest BCUT2D eigenvalue weighted by atomic mass is 10.1. The predicted octanol–water partition coefficient (Wildman–Crippen LogP) is 5.26. The highest BCUT2D eigenvalue weighted by atomic mass is 35.5. The second-order valence-corrected chi connectivity index (χ2v) is 9.13. The molecule has 0 spiro atoms. The van der Waals surface area contributed by atoms with Crippen LogP contribution in [-0.2, 0) is 10.0 Å². The van der Waals surface area contributed by atoms with Gasteiger partial charge in [-0.1, -0.05) is 53.6 Å². The second kappa shape index (κ2) is 9.61. The van der Waals surface area contributed by atoms with Gasteiger partial charge in [0, 0.05) is 10.6 Å². The van der Waals surface area contributed by atoms with Crippen molar-refractivity contribution in [2.45, 2.75) is 11.8 Å². The molecule has 0 heterocycles. The highest BCUT2D eigenvalue weighted by Gasteiger charge is 2.27. The Morgan fingerprint density at radius 3 is 2.29 bits per heavy atom. The van der Waals surface area contributed by atoms with E-state index in [4.69, 9.17) is 11.6 Å². The molecule has 156 valence electrons. The summed E-state index contributed by atoms with van der Waals surface area (Å²) in [6, 6.07) is 21.7. The third-order valence-electron chi connectivity index (χ3n) is 4.61. The summed E-state index contributed by atoms with van der Waals surface area (Å²) in [5.74, 6) is 0. The van der Waals surface area contributed by atoms with Gasteiger partial charge in [-0.05, 0) is 55.0 Å². The Morgan fingerprint density at radius 1 is 1.03 bits per heavy atom. The number of rotatable bonds is 7. The van der Waals surface area contributed by atoms with E-state index in [0.29, 0.717) is 16.9 Å². The lowest BCUT2D eigenvalue weighted by Gasteiger charge is -2.25. The molecular weight excluding hydrogens is 432 g/mol. The van der Waals surface area contributed by atoms with Crippen molar-refractivity contribution in [1.82, 2.24) is 0 Å². The van der Waals surface area contributed by atoms with Gasteiger partial charge in [0.05, 0.1) is 28.8 Å². The van der Waals surface area contributed by atoms with Gasteiger partial charge in [-0.15, -0.1) is 0 Å². The third-order valence-corrected chi connectivity index (χ3v) is 6.64. The summed E-state index contributed by atoms with van der Waals surface area (Å²) in [6.45, 7) is 1.62. The maximum absolute atomic E-state index is 13.5. The smallest absolute Gasteiger partial charge is 0.264 e. The number of hydrogen-bond acceptors (Lipinski definition) is 4. The fraction of sp³-hybridized carbons (Fsp3) is 0.0833. The molecule has 0 saturated heterocycles. The van der Waals surface area contributed by atoms with Gasteiger partial charge in [0.1, 0.15) is 0 Å². The van der Waals surface area contributed by atoms with Crippen molar-refractivity contribution in [3.05, 3.63) is 100 Å². The summed E-state index contributed by atoms with van der Waals surface area (Å²) in [5.41, 5.74) is 2.24. The maximum Gasteiger partial charge on any atom is 0.264 e. The fourth-order valence-corrected chi connectivity index (χ4v) is 4.57. The number of aryl methyl sites for hydroxylation is 1. The van der Waals surface area contributed by atoms with Crippen molar-refractivity contribution in [3.63, 3.8) is 0 Å². The highest BCUT2D eigenvalue weighted by molar-refractivity contribution is 7.92. The normalized spacial score (nSPS) is 11.6. The number of aldehydes is 1. The molecule has 0 aliphatic heterocycles. The van der Waals surface area contributed by atoms with E-state index in [-0.39, 0.29) is 28.3 Å². The molecule has 0 N–H and O–H groups in total. The molecule has 5 nitrogen and oxygen atoms in total. The Kier molecular flexibility index (Phi) is 6.91. The van der Waals surface area contributed by atoms with E-state index in [2.05, 4.69) is 6.07 Å². The third kappa shape index (κ3) is 5.21. The molecule has 3 aromatic rings. The monoisotopic (exact) mass is 450 g/mol. The summed E-state index contributed by atoms with van der Waals surface area (Å²) < 4.78 is 28.1. The van der Waals surface area contributed by atoms with Gasteiger partial charge in [-0.25, -0.2) is 8.42 Å². The Bertz CT molecular complexity index is 1260. The van der Waals surface area contributed by atoms with E-state index < -0.39 is 10.0 Å². The first-order valence-corrected chi connectivity index (χ1v) is 11.2. The number of anilines is 1. The number of hydrogen-bond donors (Lipinski definition) is 0. The molecule has 0 radical (unpaired) electrons. The fourth-order valence-electron chi connectivity index (χ4n) is 2.98. The van der Waals surface area contributed by atoms with Crippen LogP contribution in [0.15, 0.2) is 83.3 Å². The van der Waals surface area contributed by atoms with Crippen molar-refractivity contribution in [2.75, 3.05) is 10.8 Å². The van der Waals surface area contributed by atoms with Crippen LogP contribution in [0.5, 0.6) is 0 Å². The standard InChI is InChI=1S/C24H19ClN2O3S/c1-18-6-12-23(13-7-18)31(29,30)27(24-5-3-2-4-21(24)17-28)16-20(15-26)14-19-8-10-22(25)11-9-19/h2-14,17H,16H2,1H3. The summed E-state index contributed by atoms with van der Waals surface area (Å²) >= 11 is 5.91. The molecule has 0 saturated carbocycles. The molecule has 0 atom stereocenters. The van der Waals surface area contributed by atoms with E-state index >= 15 is 0 Å². The van der Waals surface area contributed by atoms with E-state index in [1.807, 2.05) is 6.92 Å². The molecule has 3 aromatic carbocycles. The van der Waals surface area contributed by atoms with Crippen molar-refractivity contribution >= 4 is 39.7 Å². The number of nitrogens with zero attached hydrogens (tertiary/aromatic N) is 2. The van der Waals surface area contributed by atoms with Gasteiger partial charge in [0.25, 0.3) is 10.0 Å². The molecule has 31 heavy (non-hydrogen) atoms. The number of benzene rings is 3. The van der Waals surface area contributed by atoms with Crippen LogP contribution in [0.2, 0.25) is 5.02 Å². The Balaban J connectivity index is 2.11. The molecule has 0 fully saturated rings. The molecule has 0 aliphatic rings. The van der Waals surface area contributed by atoms with Crippen LogP contribution in [0.1, 0.15) is 21.5 Å². The minimum absolute atomic E-state index is 0.0718. The quantitative estimate of drug-likeness (QED) is 0.363. The SMILES string of the molecule is Cc1ccc(S(=O)(=O)N(CC(C#N)=Cc2ccc(Cl)cc2)c2ccccc2C=O)cc1. The van der Waals surface area contributed by atoms with Crippen LogP contribution in [-0.4, -0.2) is 21.2 Å². The number of carbonyl (C=O) groups is 1. The topological polar surface area (TPSA) is 78.2 Å². The minimum atomic E-state index is -4.05. The second-order valence-electron chi connectivity index (χ2n) is 6.83. The van der Waals surface area contributed by atoms with Crippen molar-refractivity contribution < 1.29 is 13.2 Å². The van der Waals surface area contributed by atoms with E-state index in [9.17, 15) is 18.5 Å². The van der Waals surface area contributed by atoms with Gasteiger partial charge in [0.15, 0.2) is 6.29 Å². The molecule has 0 amide bonds. The molecular formula is C24H19ClN2O3S. The van der Waals surface area contributed by atoms with Gasteiger partial charge in [-0.2, -0.15) is 5.26 Å². The number of carbonyl (C=O) groups excluding carboxylic acids is 1. The highest BCUT2D eigenvalue weighted by Crippen LogP contribution is 2.28. The molecule has 7 heteroatoms. The number of para-hydroxylation sites is 1. The first kappa shape index (κ1) is 22.3. The van der Waals surface area contributed by atoms with Gasteiger partial charge in [0.2, 0.25) is 0 Å². The average Bonchev–Trinajstić information content (AvgIpc) is 2.78. The van der Waals surface area contributed by atoms with Crippen LogP contribution in [0.3, 0.4) is 0 Å². The van der Waals surface area contributed by atoms with E-state index in [1.54, 1.807) is 60.7 Å². The van der Waals surface area contributed by atoms with E-state index in [0.717, 1.165) is 9.87 Å². The lowest BCUT2D eigenvalue weighted by Crippen LogP contribution is -2.33. The molecule has 0 aromatic heterocycles. The largest absolute Gasteiger partial charge is 0.298 e. The van der Waals surface area contributed by atoms with Crippen molar-refractivity contribution in [3.8, 4) is 6.07 Å². The summed E-state index contributed by atoms with van der Waals surface area (Å²) in [6.07, 6.45) is 2.19. The summed E-state index contributed by atoms with van der Waals surface area (Å²) in [4.78, 5) is 11.7. The number of nitriles is 1. The molecule has 0 unspecified atom stereocenters. The van der Waals surface area contributed by atoms with Crippen LogP contribution >= 0.6 is 11.6 Å². The Morgan fingerprint density at radius 2 is 1.68 bits per heavy atom. The predicted molar refractivity (Wildman–Crippen MR) is 123 cm³/mol. The van der Waals surface area contributed by atoms with Gasteiger partial charge >= 0.3 is 0 Å². The Labute approximate surface area is 186 Å². The first-order valence-electron chi connectivity index (χ1n) is 9.35. The van der Waals surface area contributed by atoms with Crippen LogP contribution in [0.25, 0.3) is 6.08 Å². The molecule has 0 bridgehead atoms. The average molecular weight is 451 g/mol. The number of sulfonamides is 1. The van der Waals surface area contributed by atoms with Crippen molar-refractivity contribution in [1.29, 1.82) is 5.26 Å². The zero-order chi connectivity index (χ0) is 22.4. The van der Waals surface area contributed by atoms with Crippen LogP contribution in [0.4, 0.5) is 5.69 Å². The Hall–Kier alpha value is -3.40. The van der Waals surface area contributed by atoms with E-state index in [1.165, 1.54) is 18.2 Å². The van der Waals surface area contributed by atoms with Crippen LogP contribution < -0.4 is 4.31 Å². The zero-order valence-electron chi connectivity index (χ0n) is 16.7. The van der Waals surface area contributed by atoms with Crippen molar-refractivity contribution in [2.24, 2.45) is 0 Å². The van der Waals surface area contributed by atoms with Gasteiger partial charge in [-0.3, -0.25) is 9.10 Å². The van der Waals surface area contributed by atoms with Crippen LogP contribution in [0, 0.1) is 18.3 Å².